The fourth-order valence-corrected chi connectivity index (χ4v) is 18.6. The van der Waals surface area contributed by atoms with Gasteiger partial charge in [0.25, 0.3) is 5.56 Å². The van der Waals surface area contributed by atoms with Gasteiger partial charge in [0.1, 0.15) is 86.3 Å². The quantitative estimate of drug-likeness (QED) is 0.129. The standard InChI is InChI=1S/C15H22N2.2C13H19N3.C12H17N3.C11H16N4O.3C11H16N4.C9H13N5/c1-8(2)17-13(7)16-14-11(5)9(3)10(4)12(6)15(14)17;1-7(2)16-10(5)8(3)12-9(4)14-11(6)15-13(12)16;1-7(2)16-11(6)15-12-9(4)8(3)10(5)14-13(12)16;1-7(2)15-10(5)14-12-9(4)13-8(3)6-11(12)15;1-6(2)15-8(4)12-9-10(15)13-7(3)14(5)11(9)16;1-6(2)15-9(5)14-10-7(3)12-8(4)13-11(10)15;1-6(2)15-11-10(8(4)14-15)7(3)12-9(5)13-11;1-6(2)15-9(5)14-10-11(15)13-8(4)7(3)12-10;1-5(2)14-9-8(12-13-14)6(3)10-7(4)11-9/h8H,1-7H3;2*7H,1-6H3;6-7H,1-5H3;6H,1-5H3;3*6H,1-5H3;5H,1-4H3. The van der Waals surface area contributed by atoms with Crippen molar-refractivity contribution in [2.24, 2.45) is 7.05 Å². The number of benzene rings is 1. The molecule has 139 heavy (non-hydrogen) atoms. The average molecular weight is 1890 g/mol. The second kappa shape index (κ2) is 43.2. The van der Waals surface area contributed by atoms with Gasteiger partial charge in [0.05, 0.1) is 73.5 Å². The van der Waals surface area contributed by atoms with E-state index in [1.54, 1.807) is 7.05 Å². The predicted octanol–water partition coefficient (Wildman–Crippen LogP) is 23.3. The van der Waals surface area contributed by atoms with Gasteiger partial charge in [-0.25, -0.2) is 99.1 Å². The van der Waals surface area contributed by atoms with Gasteiger partial charge >= 0.3 is 0 Å². The van der Waals surface area contributed by atoms with Crippen molar-refractivity contribution >= 4 is 100 Å². The molecule has 0 spiro atoms. The summed E-state index contributed by atoms with van der Waals surface area (Å²) >= 11 is 0. The van der Waals surface area contributed by atoms with E-state index in [2.05, 4.69) is 346 Å². The van der Waals surface area contributed by atoms with E-state index < -0.39 is 0 Å². The third-order valence-electron chi connectivity index (χ3n) is 25.8. The Morgan fingerprint density at radius 1 is 0.237 bits per heavy atom. The van der Waals surface area contributed by atoms with Gasteiger partial charge in [-0.15, -0.1) is 5.10 Å². The van der Waals surface area contributed by atoms with Gasteiger partial charge in [0.2, 0.25) is 0 Å². The lowest BCUT2D eigenvalue weighted by atomic mass is 9.97. The third-order valence-corrected chi connectivity index (χ3v) is 25.8. The molecule has 18 aromatic rings. The Morgan fingerprint density at radius 2 is 0.619 bits per heavy atom. The Bertz CT molecular complexity index is 7540. The van der Waals surface area contributed by atoms with Crippen molar-refractivity contribution in [3.05, 3.63) is 182 Å². The zero-order chi connectivity index (χ0) is 104. The summed E-state index contributed by atoms with van der Waals surface area (Å²) in [6.07, 6.45) is 0. The van der Waals surface area contributed by atoms with Crippen molar-refractivity contribution in [1.82, 2.24) is 156 Å². The number of imidazole rings is 6. The molecule has 0 radical (unpaired) electrons. The number of hydrogen-bond donors (Lipinski definition) is 0. The maximum absolute atomic E-state index is 12.0. The summed E-state index contributed by atoms with van der Waals surface area (Å²) in [4.78, 5) is 97.0. The molecule has 0 aliphatic heterocycles. The van der Waals surface area contributed by atoms with Crippen LogP contribution in [0.5, 0.6) is 0 Å². The molecule has 17 heterocycles. The van der Waals surface area contributed by atoms with E-state index in [1.807, 2.05) is 132 Å². The Hall–Kier alpha value is -13.0. The lowest BCUT2D eigenvalue weighted by molar-refractivity contribution is 0.526. The molecule has 0 unspecified atom stereocenters. The zero-order valence-electron chi connectivity index (χ0n) is 92.5. The summed E-state index contributed by atoms with van der Waals surface area (Å²) in [5, 5.41) is 14.9. The smallest absolute Gasteiger partial charge is 0.281 e. The molecule has 0 atom stereocenters. The zero-order valence-corrected chi connectivity index (χ0v) is 92.5. The molecule has 0 bridgehead atoms. The average Bonchev–Trinajstić information content (AvgIpc) is 1.61. The number of pyridine rings is 2. The van der Waals surface area contributed by atoms with Crippen molar-refractivity contribution in [3.8, 4) is 0 Å². The largest absolute Gasteiger partial charge is 0.327 e. The highest BCUT2D eigenvalue weighted by molar-refractivity contribution is 5.87. The topological polar surface area (TPSA) is 350 Å². The highest BCUT2D eigenvalue weighted by Gasteiger charge is 2.25. The molecular formula is C106H154N32O. The third kappa shape index (κ3) is 22.2. The van der Waals surface area contributed by atoms with E-state index in [0.717, 1.165) is 182 Å². The Kier molecular flexibility index (Phi) is 33.6. The summed E-state index contributed by atoms with van der Waals surface area (Å²) in [6, 6.07) is 5.45. The molecule has 33 nitrogen and oxygen atoms in total. The molecule has 0 aliphatic carbocycles. The summed E-state index contributed by atoms with van der Waals surface area (Å²) in [7, 11) is 1.72. The van der Waals surface area contributed by atoms with Gasteiger partial charge in [0.15, 0.2) is 50.6 Å². The number of fused-ring (bicyclic) bond motifs is 9. The molecule has 17 aromatic heterocycles. The van der Waals surface area contributed by atoms with Crippen LogP contribution >= 0.6 is 0 Å². The van der Waals surface area contributed by atoms with Crippen LogP contribution in [0.15, 0.2) is 10.9 Å². The molecule has 0 saturated heterocycles. The molecule has 1 aromatic carbocycles. The normalized spacial score (nSPS) is 11.6. The molecule has 0 N–H and O–H groups in total. The molecule has 18 rings (SSSR count). The number of nitrogens with zero attached hydrogens (tertiary/aromatic N) is 32. The number of hydrogen-bond acceptors (Lipinski definition) is 23. The van der Waals surface area contributed by atoms with E-state index in [9.17, 15) is 4.79 Å². The van der Waals surface area contributed by atoms with E-state index >= 15 is 0 Å². The van der Waals surface area contributed by atoms with Crippen LogP contribution in [0.2, 0.25) is 0 Å². The van der Waals surface area contributed by atoms with Crippen LogP contribution in [0, 0.1) is 201 Å². The van der Waals surface area contributed by atoms with Crippen LogP contribution in [0.4, 0.5) is 0 Å². The van der Waals surface area contributed by atoms with Gasteiger partial charge in [-0.3, -0.25) is 14.3 Å². The molecular weight excluding hydrogens is 1740 g/mol. The number of rotatable bonds is 9. The minimum atomic E-state index is -0.0787. The van der Waals surface area contributed by atoms with Crippen LogP contribution in [0.25, 0.3) is 100 Å². The highest BCUT2D eigenvalue weighted by Crippen LogP contribution is 2.35. The summed E-state index contributed by atoms with van der Waals surface area (Å²) in [5.41, 5.74) is 35.7. The Morgan fingerprint density at radius 3 is 1.14 bits per heavy atom. The van der Waals surface area contributed by atoms with Crippen LogP contribution < -0.4 is 5.56 Å². The minimum Gasteiger partial charge on any atom is -0.327 e. The second-order valence-electron chi connectivity index (χ2n) is 39.6. The van der Waals surface area contributed by atoms with E-state index in [4.69, 9.17) is 4.98 Å². The highest BCUT2D eigenvalue weighted by atomic mass is 16.1. The van der Waals surface area contributed by atoms with Crippen molar-refractivity contribution in [2.45, 2.75) is 380 Å². The fraction of sp³-hybridized carbons (Fsp3) is 0.538. The first-order valence-corrected chi connectivity index (χ1v) is 48.8. The van der Waals surface area contributed by atoms with E-state index in [0.29, 0.717) is 59.3 Å². The predicted molar refractivity (Wildman–Crippen MR) is 565 cm³/mol. The van der Waals surface area contributed by atoms with Gasteiger partial charge in [-0.2, -0.15) is 5.10 Å². The van der Waals surface area contributed by atoms with Crippen molar-refractivity contribution < 1.29 is 0 Å². The molecule has 0 fully saturated rings. The van der Waals surface area contributed by atoms with Crippen molar-refractivity contribution in [3.63, 3.8) is 0 Å². The van der Waals surface area contributed by atoms with Gasteiger partial charge in [-0.1, -0.05) is 5.21 Å². The monoisotopic (exact) mass is 1890 g/mol. The first-order chi connectivity index (χ1) is 64.8. The lowest BCUT2D eigenvalue weighted by Gasteiger charge is -2.15. The first-order valence-electron chi connectivity index (χ1n) is 48.8. The fourth-order valence-electron chi connectivity index (χ4n) is 18.6. The van der Waals surface area contributed by atoms with Gasteiger partial charge < -0.3 is 32.0 Å². The maximum atomic E-state index is 12.0. The van der Waals surface area contributed by atoms with Gasteiger partial charge in [-0.05, 0) is 370 Å². The minimum absolute atomic E-state index is 0.0787. The molecule has 0 aliphatic rings. The first kappa shape index (κ1) is 108. The maximum Gasteiger partial charge on any atom is 0.281 e. The molecule has 0 amide bonds. The number of aryl methyl sites for hydroxylation is 25. The van der Waals surface area contributed by atoms with Crippen molar-refractivity contribution in [2.75, 3.05) is 0 Å². The Labute approximate surface area is 820 Å². The van der Waals surface area contributed by atoms with Crippen LogP contribution in [0.3, 0.4) is 0 Å². The van der Waals surface area contributed by atoms with Crippen LogP contribution in [-0.4, -0.2) is 156 Å². The van der Waals surface area contributed by atoms with E-state index in [1.165, 1.54) is 71.1 Å². The van der Waals surface area contributed by atoms with Crippen LogP contribution in [-0.2, 0) is 7.05 Å². The summed E-state index contributed by atoms with van der Waals surface area (Å²) < 4.78 is 20.7. The van der Waals surface area contributed by atoms with E-state index in [-0.39, 0.29) is 17.6 Å². The van der Waals surface area contributed by atoms with Gasteiger partial charge in [0, 0.05) is 77.9 Å². The number of aromatic nitrogens is 32. The van der Waals surface area contributed by atoms with Crippen LogP contribution in [0.1, 0.15) is 345 Å². The molecule has 744 valence electrons. The second-order valence-corrected chi connectivity index (χ2v) is 39.6. The lowest BCUT2D eigenvalue weighted by Crippen LogP contribution is -2.21. The molecule has 0 saturated carbocycles. The summed E-state index contributed by atoms with van der Waals surface area (Å²) in [6.45, 7) is 97.5. The SMILES string of the molecule is Cc1c(C)c(C)c2c(nc(C)n2C(C)C)c1C.Cc1cc2c(nc(C)n2C(C)C)c(C)n1.Cc1nc(C)c2c(C)c(C)n(C(C)C)c2n1.Cc1nc(C)c2c(C)nn(C(C)C)c2n1.Cc1nc(C)c2nc(C)n(C(C)C)c2n1.Cc1nc(C)c2nnn(C(C)C)c2n1.Cc1nc2c(nc(C)n2C(C)C)c(=O)n1C.Cc1nc2c(nc(C)n2C(C)C)c(C)c1C.Cc1nc2nc(C)n(C(C)C)c2nc1C. The summed E-state index contributed by atoms with van der Waals surface area (Å²) in [5.74, 6) is 9.98. The van der Waals surface area contributed by atoms with Crippen molar-refractivity contribution in [1.29, 1.82) is 0 Å². The Balaban J connectivity index is 0.000000161. The molecule has 33 heteroatoms.